The summed E-state index contributed by atoms with van der Waals surface area (Å²) in [4.78, 5) is 27.1. The average Bonchev–Trinajstić information content (AvgIpc) is 2.42. The molecule has 0 radical (unpaired) electrons. The summed E-state index contributed by atoms with van der Waals surface area (Å²) in [7, 11) is 0. The number of nitrogens with two attached hydrogens (primary N) is 1. The molecule has 2 N–H and O–H groups in total. The number of amides is 2. The van der Waals surface area contributed by atoms with Crippen molar-refractivity contribution < 1.29 is 9.59 Å². The van der Waals surface area contributed by atoms with Gasteiger partial charge in [-0.15, -0.1) is 0 Å². The molecule has 2 rings (SSSR count). The van der Waals surface area contributed by atoms with E-state index in [1.807, 2.05) is 12.1 Å². The summed E-state index contributed by atoms with van der Waals surface area (Å²) in [6.45, 7) is 3.33. The van der Waals surface area contributed by atoms with Crippen molar-refractivity contribution in [3.63, 3.8) is 0 Å². The second kappa shape index (κ2) is 6.24. The van der Waals surface area contributed by atoms with Crippen molar-refractivity contribution in [1.29, 1.82) is 0 Å². The minimum atomic E-state index is -0.564. The monoisotopic (exact) mass is 295 g/mol. The molecule has 1 aromatic carbocycles. The Hall–Kier alpha value is -1.59. The average molecular weight is 296 g/mol. The Morgan fingerprint density at radius 3 is 2.55 bits per heavy atom. The SMILES string of the molecule is C[C@H](N)C(=O)N1CCN(Cc2ccc(Cl)cc2)C(=O)C1. The first-order valence-corrected chi connectivity index (χ1v) is 6.92. The number of halogens is 1. The predicted octanol–water partition coefficient (Wildman–Crippen LogP) is 0.858. The van der Waals surface area contributed by atoms with Crippen LogP contribution in [0.4, 0.5) is 0 Å². The van der Waals surface area contributed by atoms with E-state index in [-0.39, 0.29) is 18.4 Å². The summed E-state index contributed by atoms with van der Waals surface area (Å²) in [5, 5.41) is 0.674. The van der Waals surface area contributed by atoms with E-state index in [1.54, 1.807) is 24.0 Å². The molecular weight excluding hydrogens is 278 g/mol. The maximum atomic E-state index is 12.1. The van der Waals surface area contributed by atoms with Gasteiger partial charge in [0.1, 0.15) is 0 Å². The summed E-state index contributed by atoms with van der Waals surface area (Å²) < 4.78 is 0. The third-order valence-electron chi connectivity index (χ3n) is 3.31. The van der Waals surface area contributed by atoms with Crippen LogP contribution >= 0.6 is 11.6 Å². The van der Waals surface area contributed by atoms with E-state index in [2.05, 4.69) is 0 Å². The smallest absolute Gasteiger partial charge is 0.242 e. The van der Waals surface area contributed by atoms with Crippen LogP contribution in [-0.4, -0.2) is 47.3 Å². The van der Waals surface area contributed by atoms with Crippen molar-refractivity contribution in [2.45, 2.75) is 19.5 Å². The molecule has 0 aliphatic carbocycles. The summed E-state index contributed by atoms with van der Waals surface area (Å²) in [6.07, 6.45) is 0. The quantitative estimate of drug-likeness (QED) is 0.899. The van der Waals surface area contributed by atoms with Gasteiger partial charge in [-0.3, -0.25) is 9.59 Å². The summed E-state index contributed by atoms with van der Waals surface area (Å²) in [5.74, 6) is -0.232. The van der Waals surface area contributed by atoms with E-state index < -0.39 is 6.04 Å². The van der Waals surface area contributed by atoms with Gasteiger partial charge in [0, 0.05) is 24.7 Å². The standard InChI is InChI=1S/C14H18ClN3O2/c1-10(16)14(20)18-7-6-17(13(19)9-18)8-11-2-4-12(15)5-3-11/h2-5,10H,6-9,16H2,1H3/t10-/m0/s1. The molecule has 0 saturated carbocycles. The summed E-state index contributed by atoms with van der Waals surface area (Å²) in [6, 6.07) is 6.84. The lowest BCUT2D eigenvalue weighted by atomic mass is 10.2. The molecule has 1 saturated heterocycles. The first kappa shape index (κ1) is 14.8. The van der Waals surface area contributed by atoms with Crippen LogP contribution in [0.5, 0.6) is 0 Å². The Morgan fingerprint density at radius 1 is 1.35 bits per heavy atom. The van der Waals surface area contributed by atoms with Gasteiger partial charge >= 0.3 is 0 Å². The van der Waals surface area contributed by atoms with Crippen LogP contribution < -0.4 is 5.73 Å². The fourth-order valence-corrected chi connectivity index (χ4v) is 2.29. The highest BCUT2D eigenvalue weighted by Gasteiger charge is 2.28. The lowest BCUT2D eigenvalue weighted by molar-refractivity contribution is -0.146. The molecule has 0 bridgehead atoms. The van der Waals surface area contributed by atoms with E-state index in [4.69, 9.17) is 17.3 Å². The lowest BCUT2D eigenvalue weighted by Crippen LogP contribution is -2.54. The lowest BCUT2D eigenvalue weighted by Gasteiger charge is -2.35. The highest BCUT2D eigenvalue weighted by Crippen LogP contribution is 2.13. The van der Waals surface area contributed by atoms with Gasteiger partial charge in [-0.25, -0.2) is 0 Å². The van der Waals surface area contributed by atoms with Crippen LogP contribution in [0.25, 0.3) is 0 Å². The second-order valence-electron chi connectivity index (χ2n) is 4.99. The van der Waals surface area contributed by atoms with Crippen LogP contribution in [0.15, 0.2) is 24.3 Å². The van der Waals surface area contributed by atoms with Crippen LogP contribution in [0, 0.1) is 0 Å². The molecule has 1 aliphatic rings. The molecule has 1 atom stereocenters. The van der Waals surface area contributed by atoms with Gasteiger partial charge in [-0.05, 0) is 24.6 Å². The summed E-state index contributed by atoms with van der Waals surface area (Å²) in [5.41, 5.74) is 6.58. The summed E-state index contributed by atoms with van der Waals surface area (Å²) >= 11 is 5.83. The fourth-order valence-electron chi connectivity index (χ4n) is 2.16. The minimum absolute atomic E-state index is 0.0554. The maximum absolute atomic E-state index is 12.1. The van der Waals surface area contributed by atoms with Crippen molar-refractivity contribution in [1.82, 2.24) is 9.80 Å². The molecule has 108 valence electrons. The Kier molecular flexibility index (Phi) is 4.62. The zero-order valence-corrected chi connectivity index (χ0v) is 12.1. The maximum Gasteiger partial charge on any atom is 0.242 e. The molecule has 2 amide bonds. The van der Waals surface area contributed by atoms with Gasteiger partial charge in [0.05, 0.1) is 12.6 Å². The number of carbonyl (C=O) groups is 2. The predicted molar refractivity (Wildman–Crippen MR) is 77.1 cm³/mol. The first-order valence-electron chi connectivity index (χ1n) is 6.54. The first-order chi connectivity index (χ1) is 9.47. The Morgan fingerprint density at radius 2 is 2.00 bits per heavy atom. The van der Waals surface area contributed by atoms with Gasteiger partial charge in [-0.1, -0.05) is 23.7 Å². The van der Waals surface area contributed by atoms with Crippen molar-refractivity contribution in [2.75, 3.05) is 19.6 Å². The number of rotatable bonds is 3. The highest BCUT2D eigenvalue weighted by atomic mass is 35.5. The topological polar surface area (TPSA) is 66.6 Å². The fraction of sp³-hybridized carbons (Fsp3) is 0.429. The Bertz CT molecular complexity index is 502. The molecule has 20 heavy (non-hydrogen) atoms. The number of nitrogens with zero attached hydrogens (tertiary/aromatic N) is 2. The van der Waals surface area contributed by atoms with Gasteiger partial charge < -0.3 is 15.5 Å². The molecule has 0 aromatic heterocycles. The number of hydrogen-bond donors (Lipinski definition) is 1. The normalized spacial score (nSPS) is 17.2. The highest BCUT2D eigenvalue weighted by molar-refractivity contribution is 6.30. The van der Waals surface area contributed by atoms with Crippen molar-refractivity contribution >= 4 is 23.4 Å². The molecule has 0 unspecified atom stereocenters. The van der Waals surface area contributed by atoms with E-state index in [9.17, 15) is 9.59 Å². The Balaban J connectivity index is 1.95. The van der Waals surface area contributed by atoms with Gasteiger partial charge in [0.25, 0.3) is 0 Å². The molecule has 1 aromatic rings. The van der Waals surface area contributed by atoms with Crippen molar-refractivity contribution in [3.05, 3.63) is 34.9 Å². The van der Waals surface area contributed by atoms with Crippen LogP contribution in [-0.2, 0) is 16.1 Å². The third-order valence-corrected chi connectivity index (χ3v) is 3.56. The van der Waals surface area contributed by atoms with Gasteiger partial charge in [-0.2, -0.15) is 0 Å². The zero-order valence-electron chi connectivity index (χ0n) is 11.4. The van der Waals surface area contributed by atoms with Crippen LogP contribution in [0.3, 0.4) is 0 Å². The number of benzene rings is 1. The largest absolute Gasteiger partial charge is 0.335 e. The molecule has 1 aliphatic heterocycles. The van der Waals surface area contributed by atoms with Gasteiger partial charge in [0.2, 0.25) is 11.8 Å². The van der Waals surface area contributed by atoms with Gasteiger partial charge in [0.15, 0.2) is 0 Å². The van der Waals surface area contributed by atoms with Crippen molar-refractivity contribution in [2.24, 2.45) is 5.73 Å². The zero-order chi connectivity index (χ0) is 14.7. The van der Waals surface area contributed by atoms with Crippen LogP contribution in [0.2, 0.25) is 5.02 Å². The molecule has 6 heteroatoms. The minimum Gasteiger partial charge on any atom is -0.335 e. The van der Waals surface area contributed by atoms with E-state index in [0.717, 1.165) is 5.56 Å². The molecule has 5 nitrogen and oxygen atoms in total. The van der Waals surface area contributed by atoms with E-state index >= 15 is 0 Å². The van der Waals surface area contributed by atoms with E-state index in [0.29, 0.717) is 24.7 Å². The molecular formula is C14H18ClN3O2. The second-order valence-corrected chi connectivity index (χ2v) is 5.43. The number of piperazine rings is 1. The third kappa shape index (κ3) is 3.49. The molecule has 0 spiro atoms. The van der Waals surface area contributed by atoms with E-state index in [1.165, 1.54) is 4.90 Å². The Labute approximate surface area is 123 Å². The molecule has 1 heterocycles. The van der Waals surface area contributed by atoms with Crippen molar-refractivity contribution in [3.8, 4) is 0 Å². The van der Waals surface area contributed by atoms with Crippen LogP contribution in [0.1, 0.15) is 12.5 Å². The number of hydrogen-bond acceptors (Lipinski definition) is 3. The number of carbonyl (C=O) groups excluding carboxylic acids is 2. The molecule has 1 fully saturated rings.